The molecule has 1 aromatic heterocycles. The molecular weight excluding hydrogens is 222 g/mol. The molecule has 1 N–H and O–H groups in total. The minimum atomic E-state index is 0.398. The first-order chi connectivity index (χ1) is 7.79. The second-order valence-corrected chi connectivity index (χ2v) is 3.76. The predicted molar refractivity (Wildman–Crippen MR) is 66.1 cm³/mol. The summed E-state index contributed by atoms with van der Waals surface area (Å²) < 4.78 is 0. The summed E-state index contributed by atoms with van der Waals surface area (Å²) in [6.07, 6.45) is 0.976. The van der Waals surface area contributed by atoms with Crippen LogP contribution in [0.15, 0.2) is 36.4 Å². The molecule has 4 heteroatoms. The van der Waals surface area contributed by atoms with Crippen LogP contribution in [0.25, 0.3) is 0 Å². The zero-order valence-electron chi connectivity index (χ0n) is 8.94. The standard InChI is InChI=1S/C12H12ClN3/c1-2-9-5-3-4-6-10(9)14-12-8-7-11(13)15-16-12/h3-8H,2H2,1H3,(H,14,16). The van der Waals surface area contributed by atoms with Crippen molar-refractivity contribution in [2.24, 2.45) is 0 Å². The second kappa shape index (κ2) is 4.94. The average molecular weight is 234 g/mol. The van der Waals surface area contributed by atoms with E-state index in [0.717, 1.165) is 12.1 Å². The third kappa shape index (κ3) is 2.49. The van der Waals surface area contributed by atoms with Gasteiger partial charge in [-0.25, -0.2) is 0 Å². The van der Waals surface area contributed by atoms with Gasteiger partial charge in [0.1, 0.15) is 0 Å². The Morgan fingerprint density at radius 3 is 2.62 bits per heavy atom. The van der Waals surface area contributed by atoms with Crippen molar-refractivity contribution in [3.8, 4) is 0 Å². The molecule has 0 atom stereocenters. The lowest BCUT2D eigenvalue weighted by Crippen LogP contribution is -1.98. The van der Waals surface area contributed by atoms with Gasteiger partial charge >= 0.3 is 0 Å². The van der Waals surface area contributed by atoms with E-state index >= 15 is 0 Å². The highest BCUT2D eigenvalue weighted by molar-refractivity contribution is 6.29. The fourth-order valence-electron chi connectivity index (χ4n) is 1.47. The van der Waals surface area contributed by atoms with Gasteiger partial charge in [-0.15, -0.1) is 10.2 Å². The summed E-state index contributed by atoms with van der Waals surface area (Å²) in [6.45, 7) is 2.12. The van der Waals surface area contributed by atoms with Crippen molar-refractivity contribution in [2.75, 3.05) is 5.32 Å². The molecule has 0 unspecified atom stereocenters. The molecule has 0 fully saturated rings. The monoisotopic (exact) mass is 233 g/mol. The molecule has 3 nitrogen and oxygen atoms in total. The maximum atomic E-state index is 5.67. The number of anilines is 2. The van der Waals surface area contributed by atoms with Gasteiger partial charge in [0.05, 0.1) is 0 Å². The van der Waals surface area contributed by atoms with Crippen LogP contribution in [0.5, 0.6) is 0 Å². The average Bonchev–Trinajstić information content (AvgIpc) is 2.33. The third-order valence-electron chi connectivity index (χ3n) is 2.29. The van der Waals surface area contributed by atoms with Gasteiger partial charge in [0.2, 0.25) is 0 Å². The van der Waals surface area contributed by atoms with Crippen molar-refractivity contribution in [3.05, 3.63) is 47.1 Å². The minimum Gasteiger partial charge on any atom is -0.339 e. The van der Waals surface area contributed by atoms with Gasteiger partial charge in [-0.05, 0) is 30.2 Å². The zero-order chi connectivity index (χ0) is 11.4. The van der Waals surface area contributed by atoms with E-state index in [2.05, 4.69) is 28.5 Å². The summed E-state index contributed by atoms with van der Waals surface area (Å²) in [5, 5.41) is 11.4. The SMILES string of the molecule is CCc1ccccc1Nc1ccc(Cl)nn1. The van der Waals surface area contributed by atoms with E-state index in [1.807, 2.05) is 24.3 Å². The van der Waals surface area contributed by atoms with Crippen molar-refractivity contribution in [3.63, 3.8) is 0 Å². The summed E-state index contributed by atoms with van der Waals surface area (Å²) in [5.74, 6) is 0.699. The Hall–Kier alpha value is -1.61. The van der Waals surface area contributed by atoms with Crippen molar-refractivity contribution in [1.29, 1.82) is 0 Å². The number of hydrogen-bond acceptors (Lipinski definition) is 3. The molecule has 0 saturated carbocycles. The van der Waals surface area contributed by atoms with Gasteiger partial charge in [0.25, 0.3) is 0 Å². The van der Waals surface area contributed by atoms with Crippen LogP contribution in [0.1, 0.15) is 12.5 Å². The van der Waals surface area contributed by atoms with E-state index in [4.69, 9.17) is 11.6 Å². The maximum Gasteiger partial charge on any atom is 0.153 e. The molecular formula is C12H12ClN3. The van der Waals surface area contributed by atoms with Gasteiger partial charge in [-0.2, -0.15) is 0 Å². The van der Waals surface area contributed by atoms with E-state index in [-0.39, 0.29) is 0 Å². The quantitative estimate of drug-likeness (QED) is 0.883. The predicted octanol–water partition coefficient (Wildman–Crippen LogP) is 3.44. The zero-order valence-corrected chi connectivity index (χ0v) is 9.70. The Bertz CT molecular complexity index is 468. The van der Waals surface area contributed by atoms with Crippen molar-refractivity contribution >= 4 is 23.1 Å². The lowest BCUT2D eigenvalue weighted by Gasteiger charge is -2.09. The first-order valence-electron chi connectivity index (χ1n) is 5.13. The Kier molecular flexibility index (Phi) is 3.37. The Morgan fingerprint density at radius 1 is 1.12 bits per heavy atom. The first-order valence-corrected chi connectivity index (χ1v) is 5.51. The number of aromatic nitrogens is 2. The normalized spacial score (nSPS) is 10.1. The van der Waals surface area contributed by atoms with Crippen LogP contribution < -0.4 is 5.32 Å². The van der Waals surface area contributed by atoms with Crippen LogP contribution in [0.2, 0.25) is 5.15 Å². The summed E-state index contributed by atoms with van der Waals surface area (Å²) in [4.78, 5) is 0. The molecule has 0 aliphatic carbocycles. The fourth-order valence-corrected chi connectivity index (χ4v) is 1.57. The van der Waals surface area contributed by atoms with Crippen LogP contribution >= 0.6 is 11.6 Å². The highest BCUT2D eigenvalue weighted by Crippen LogP contribution is 2.19. The molecule has 1 aromatic carbocycles. The molecule has 1 heterocycles. The summed E-state index contributed by atoms with van der Waals surface area (Å²) >= 11 is 5.67. The molecule has 0 bridgehead atoms. The number of halogens is 1. The third-order valence-corrected chi connectivity index (χ3v) is 2.49. The van der Waals surface area contributed by atoms with Crippen LogP contribution in [0.3, 0.4) is 0 Å². The summed E-state index contributed by atoms with van der Waals surface area (Å²) in [6, 6.07) is 11.6. The van der Waals surface area contributed by atoms with E-state index < -0.39 is 0 Å². The van der Waals surface area contributed by atoms with Crippen LogP contribution in [0.4, 0.5) is 11.5 Å². The number of benzene rings is 1. The molecule has 0 radical (unpaired) electrons. The maximum absolute atomic E-state index is 5.67. The van der Waals surface area contributed by atoms with Crippen LogP contribution in [-0.4, -0.2) is 10.2 Å². The molecule has 0 aliphatic heterocycles. The minimum absolute atomic E-state index is 0.398. The molecule has 0 aliphatic rings. The van der Waals surface area contributed by atoms with E-state index in [1.54, 1.807) is 6.07 Å². The largest absolute Gasteiger partial charge is 0.339 e. The summed E-state index contributed by atoms with van der Waals surface area (Å²) in [5.41, 5.74) is 2.31. The topological polar surface area (TPSA) is 37.8 Å². The first kappa shape index (κ1) is 10.9. The van der Waals surface area contributed by atoms with Gasteiger partial charge in [0.15, 0.2) is 11.0 Å². The lowest BCUT2D eigenvalue weighted by atomic mass is 10.1. The Morgan fingerprint density at radius 2 is 1.94 bits per heavy atom. The molecule has 16 heavy (non-hydrogen) atoms. The Balaban J connectivity index is 2.23. The molecule has 0 saturated heterocycles. The van der Waals surface area contributed by atoms with Crippen molar-refractivity contribution in [1.82, 2.24) is 10.2 Å². The second-order valence-electron chi connectivity index (χ2n) is 3.38. The molecule has 0 amide bonds. The van der Waals surface area contributed by atoms with E-state index in [0.29, 0.717) is 11.0 Å². The van der Waals surface area contributed by atoms with Gasteiger partial charge in [-0.3, -0.25) is 0 Å². The molecule has 0 spiro atoms. The number of para-hydroxylation sites is 1. The summed E-state index contributed by atoms with van der Waals surface area (Å²) in [7, 11) is 0. The van der Waals surface area contributed by atoms with Crippen molar-refractivity contribution < 1.29 is 0 Å². The molecule has 82 valence electrons. The van der Waals surface area contributed by atoms with Gasteiger partial charge in [0, 0.05) is 5.69 Å². The molecule has 2 aromatic rings. The Labute approximate surface area is 99.5 Å². The van der Waals surface area contributed by atoms with Gasteiger partial charge in [-0.1, -0.05) is 36.7 Å². The van der Waals surface area contributed by atoms with E-state index in [1.165, 1.54) is 5.56 Å². The molecule has 2 rings (SSSR count). The van der Waals surface area contributed by atoms with Crippen LogP contribution in [0, 0.1) is 0 Å². The highest BCUT2D eigenvalue weighted by Gasteiger charge is 2.01. The number of nitrogens with zero attached hydrogens (tertiary/aromatic N) is 2. The number of nitrogens with one attached hydrogen (secondary N) is 1. The smallest absolute Gasteiger partial charge is 0.153 e. The highest BCUT2D eigenvalue weighted by atomic mass is 35.5. The number of rotatable bonds is 3. The van der Waals surface area contributed by atoms with E-state index in [9.17, 15) is 0 Å². The fraction of sp³-hybridized carbons (Fsp3) is 0.167. The van der Waals surface area contributed by atoms with Gasteiger partial charge < -0.3 is 5.32 Å². The number of hydrogen-bond donors (Lipinski definition) is 1. The van der Waals surface area contributed by atoms with Crippen LogP contribution in [-0.2, 0) is 6.42 Å². The number of aryl methyl sites for hydroxylation is 1. The lowest BCUT2D eigenvalue weighted by molar-refractivity contribution is 1.03. The van der Waals surface area contributed by atoms with Crippen molar-refractivity contribution in [2.45, 2.75) is 13.3 Å².